The molecule has 3 heterocycles. The number of fused-ring (bicyclic) bond motifs is 1. The second-order valence-electron chi connectivity index (χ2n) is 11.1. The van der Waals surface area contributed by atoms with Crippen molar-refractivity contribution in [3.8, 4) is 16.9 Å². The van der Waals surface area contributed by atoms with E-state index in [1.165, 1.54) is 29.2 Å². The number of pyridine rings is 1. The van der Waals surface area contributed by atoms with E-state index in [0.717, 1.165) is 27.8 Å². The number of hydrogen-bond donors (Lipinski definition) is 2. The summed E-state index contributed by atoms with van der Waals surface area (Å²) in [5.74, 6) is -1.40. The number of benzene rings is 3. The van der Waals surface area contributed by atoms with Crippen LogP contribution >= 0.6 is 0 Å². The predicted octanol–water partition coefficient (Wildman–Crippen LogP) is 2.28. The third-order valence-electron chi connectivity index (χ3n) is 8.25. The van der Waals surface area contributed by atoms with E-state index in [9.17, 15) is 33.1 Å². The summed E-state index contributed by atoms with van der Waals surface area (Å²) in [6.45, 7) is -0.325. The van der Waals surface area contributed by atoms with Gasteiger partial charge in [0.15, 0.2) is 18.2 Å². The number of Topliss-reactive ketones (excluding diaryl/α,β-unsaturated/α-hetero) is 1. The quantitative estimate of drug-likeness (QED) is 0.225. The van der Waals surface area contributed by atoms with Crippen LogP contribution in [0, 0.1) is 5.21 Å². The fourth-order valence-electron chi connectivity index (χ4n) is 6.02. The molecule has 0 radical (unpaired) electrons. The Morgan fingerprint density at radius 1 is 0.956 bits per heavy atom. The van der Waals surface area contributed by atoms with Crippen LogP contribution in [0.5, 0.6) is 5.75 Å². The Bertz CT molecular complexity index is 1850. The number of rotatable bonds is 8. The summed E-state index contributed by atoms with van der Waals surface area (Å²) >= 11 is 0. The number of sulfonamides is 1. The first-order valence-electron chi connectivity index (χ1n) is 14.4. The number of carbonyl (C=O) groups excluding carboxylic acids is 3. The zero-order chi connectivity index (χ0) is 31.7. The molecule has 45 heavy (non-hydrogen) atoms. The van der Waals surface area contributed by atoms with Crippen LogP contribution in [-0.2, 0) is 26.0 Å². The van der Waals surface area contributed by atoms with Gasteiger partial charge in [0.25, 0.3) is 5.91 Å². The van der Waals surface area contributed by atoms with Gasteiger partial charge in [0.05, 0.1) is 12.6 Å². The van der Waals surface area contributed by atoms with Crippen molar-refractivity contribution in [3.05, 3.63) is 120 Å². The molecule has 11 nitrogen and oxygen atoms in total. The van der Waals surface area contributed by atoms with Crippen LogP contribution in [-0.4, -0.2) is 71.5 Å². The molecule has 0 bridgehead atoms. The summed E-state index contributed by atoms with van der Waals surface area (Å²) in [4.78, 5) is 41.9. The first-order valence-corrected chi connectivity index (χ1v) is 15.8. The molecular weight excluding hydrogens is 596 g/mol. The number of carbonyl (C=O) groups is 3. The molecule has 2 amide bonds. The number of phenols is 1. The maximum absolute atomic E-state index is 14.1. The van der Waals surface area contributed by atoms with Crippen molar-refractivity contribution >= 4 is 27.6 Å². The number of nitrogens with one attached hydrogen (secondary N) is 1. The number of nitrogens with zero attached hydrogens (tertiary/aromatic N) is 3. The molecule has 2 fully saturated rings. The van der Waals surface area contributed by atoms with Crippen LogP contribution in [0.25, 0.3) is 11.1 Å². The molecule has 1 aromatic heterocycles. The minimum Gasteiger partial charge on any atom is -0.619 e. The van der Waals surface area contributed by atoms with Gasteiger partial charge < -0.3 is 20.5 Å². The lowest BCUT2D eigenvalue weighted by molar-refractivity contribution is -0.607. The highest BCUT2D eigenvalue weighted by atomic mass is 32.2. The van der Waals surface area contributed by atoms with Crippen LogP contribution in [0.3, 0.4) is 0 Å². The fraction of sp³-hybridized carbons (Fsp3) is 0.212. The van der Waals surface area contributed by atoms with E-state index in [1.807, 2.05) is 42.5 Å². The van der Waals surface area contributed by atoms with Crippen molar-refractivity contribution in [2.45, 2.75) is 35.9 Å². The molecule has 230 valence electrons. The molecule has 2 saturated heterocycles. The van der Waals surface area contributed by atoms with Crippen molar-refractivity contribution in [2.75, 3.05) is 13.1 Å². The summed E-state index contributed by atoms with van der Waals surface area (Å²) in [5, 5.41) is 24.3. The lowest BCUT2D eigenvalue weighted by Gasteiger charge is -2.28. The van der Waals surface area contributed by atoms with E-state index in [-0.39, 0.29) is 30.0 Å². The Balaban J connectivity index is 1.24. The lowest BCUT2D eigenvalue weighted by atomic mass is 10.0. The second-order valence-corrected chi connectivity index (χ2v) is 13.0. The van der Waals surface area contributed by atoms with E-state index >= 15 is 0 Å². The van der Waals surface area contributed by atoms with Crippen molar-refractivity contribution in [3.63, 3.8) is 0 Å². The Hall–Kier alpha value is -5.07. The van der Waals surface area contributed by atoms with E-state index in [0.29, 0.717) is 15.9 Å². The Labute approximate surface area is 260 Å². The summed E-state index contributed by atoms with van der Waals surface area (Å²) in [5.41, 5.74) is 2.92. The Morgan fingerprint density at radius 3 is 2.33 bits per heavy atom. The van der Waals surface area contributed by atoms with Crippen molar-refractivity contribution in [2.24, 2.45) is 0 Å². The summed E-state index contributed by atoms with van der Waals surface area (Å²) in [6, 6.07) is 22.6. The zero-order valence-corrected chi connectivity index (χ0v) is 24.8. The van der Waals surface area contributed by atoms with Crippen molar-refractivity contribution < 1.29 is 32.6 Å². The Kier molecular flexibility index (Phi) is 8.09. The van der Waals surface area contributed by atoms with Gasteiger partial charge in [-0.3, -0.25) is 14.4 Å². The number of amides is 2. The standard InChI is InChI=1S/C33H30N4O7S/c38-26-14-8-22(9-15-26)19-28(34-32(40)25-12-10-24(11-13-25)23-5-2-1-3-6-23)33(41)36-18-16-29-31(36)30(39)21-37(29)45(43,44)27-7-4-17-35(42)20-27/h1-15,17,20,28-29,31,38H,16,18-19,21H2,(H,34,40). The first-order chi connectivity index (χ1) is 21.6. The van der Waals surface area contributed by atoms with Gasteiger partial charge in [-0.25, -0.2) is 8.42 Å². The lowest BCUT2D eigenvalue weighted by Crippen LogP contribution is -2.53. The van der Waals surface area contributed by atoms with Gasteiger partial charge in [-0.05, 0) is 53.4 Å². The first kappa shape index (κ1) is 30.0. The van der Waals surface area contributed by atoms with Gasteiger partial charge in [0, 0.05) is 24.6 Å². The van der Waals surface area contributed by atoms with Gasteiger partial charge in [0.1, 0.15) is 22.7 Å². The maximum Gasteiger partial charge on any atom is 0.251 e. The number of hydrogen-bond acceptors (Lipinski definition) is 7. The average Bonchev–Trinajstić information content (AvgIpc) is 3.63. The van der Waals surface area contributed by atoms with Gasteiger partial charge in [-0.2, -0.15) is 9.04 Å². The molecule has 3 atom stereocenters. The van der Waals surface area contributed by atoms with Crippen LogP contribution < -0.4 is 10.0 Å². The third-order valence-corrected chi connectivity index (χ3v) is 10.1. The second kappa shape index (κ2) is 12.1. The van der Waals surface area contributed by atoms with Crippen LogP contribution in [0.2, 0.25) is 0 Å². The molecule has 2 aliphatic rings. The number of phenolic OH excluding ortho intramolecular Hbond substituents is 1. The largest absolute Gasteiger partial charge is 0.619 e. The predicted molar refractivity (Wildman–Crippen MR) is 163 cm³/mol. The number of aromatic hydroxyl groups is 1. The van der Waals surface area contributed by atoms with Crippen LogP contribution in [0.15, 0.2) is 108 Å². The number of ketones is 1. The molecule has 0 saturated carbocycles. The zero-order valence-electron chi connectivity index (χ0n) is 24.0. The Morgan fingerprint density at radius 2 is 1.64 bits per heavy atom. The van der Waals surface area contributed by atoms with Crippen molar-refractivity contribution in [1.29, 1.82) is 0 Å². The van der Waals surface area contributed by atoms with Gasteiger partial charge in [-0.1, -0.05) is 54.6 Å². The monoisotopic (exact) mass is 626 g/mol. The number of aromatic nitrogens is 1. The molecule has 12 heteroatoms. The molecule has 2 N–H and O–H groups in total. The highest BCUT2D eigenvalue weighted by molar-refractivity contribution is 7.89. The third kappa shape index (κ3) is 6.02. The van der Waals surface area contributed by atoms with Crippen LogP contribution in [0.1, 0.15) is 22.3 Å². The normalized spacial score (nSPS) is 18.8. The molecule has 3 aromatic carbocycles. The van der Waals surface area contributed by atoms with Gasteiger partial charge >= 0.3 is 0 Å². The maximum atomic E-state index is 14.1. The van der Waals surface area contributed by atoms with Crippen molar-refractivity contribution in [1.82, 2.24) is 14.5 Å². The molecular formula is C33H30N4O7S. The number of likely N-dealkylation sites (tertiary alicyclic amines) is 1. The van der Waals surface area contributed by atoms with Gasteiger partial charge in [0.2, 0.25) is 15.9 Å². The molecule has 0 aliphatic carbocycles. The SMILES string of the molecule is O=C(NC(Cc1ccc(O)cc1)C(=O)N1CCC2C1C(=O)CN2S(=O)(=O)c1ccc[n+]([O-])c1)c1ccc(-c2ccccc2)cc1. The van der Waals surface area contributed by atoms with E-state index < -0.39 is 52.3 Å². The highest BCUT2D eigenvalue weighted by Crippen LogP contribution is 2.34. The molecule has 2 aliphatic heterocycles. The molecule has 3 unspecified atom stereocenters. The van der Waals surface area contributed by atoms with E-state index in [4.69, 9.17) is 0 Å². The van der Waals surface area contributed by atoms with E-state index in [1.54, 1.807) is 24.3 Å². The topological polar surface area (TPSA) is 151 Å². The van der Waals surface area contributed by atoms with Crippen LogP contribution in [0.4, 0.5) is 0 Å². The van der Waals surface area contributed by atoms with E-state index in [2.05, 4.69) is 5.32 Å². The van der Waals surface area contributed by atoms with Gasteiger partial charge in [-0.15, -0.1) is 0 Å². The summed E-state index contributed by atoms with van der Waals surface area (Å²) < 4.78 is 28.3. The highest BCUT2D eigenvalue weighted by Gasteiger charge is 2.54. The molecule has 4 aromatic rings. The summed E-state index contributed by atoms with van der Waals surface area (Å²) in [6.07, 6.45) is 2.38. The minimum atomic E-state index is -4.19. The molecule has 0 spiro atoms. The fourth-order valence-corrected chi connectivity index (χ4v) is 7.65. The smallest absolute Gasteiger partial charge is 0.251 e. The molecule has 6 rings (SSSR count). The minimum absolute atomic E-state index is 0.0466. The summed E-state index contributed by atoms with van der Waals surface area (Å²) in [7, 11) is -4.19. The average molecular weight is 627 g/mol.